The molecule has 0 spiro atoms. The van der Waals surface area contributed by atoms with Crippen LogP contribution in [0.1, 0.15) is 55.5 Å². The molecule has 0 aromatic heterocycles. The SMILES string of the molecule is C[C@H]1CC(=O)C(C2CCC2)OC(=O)[C@H](C)[C@H](O)[C@H](Cc2ccccc2)NC(=O)[C@H]1NC(=O)c1ccccc1O. The van der Waals surface area contributed by atoms with Crippen molar-refractivity contribution in [3.63, 3.8) is 0 Å². The third-order valence-electron chi connectivity index (χ3n) is 7.87. The van der Waals surface area contributed by atoms with Crippen LogP contribution in [0.3, 0.4) is 0 Å². The molecule has 2 aromatic rings. The van der Waals surface area contributed by atoms with Crippen molar-refractivity contribution in [1.82, 2.24) is 10.6 Å². The minimum atomic E-state index is -1.32. The normalized spacial score (nSPS) is 28.7. The Bertz CT molecular complexity index is 1200. The monoisotopic (exact) mass is 536 g/mol. The highest BCUT2D eigenvalue weighted by Gasteiger charge is 2.42. The number of nitrogens with one attached hydrogen (secondary N) is 2. The molecule has 9 heteroatoms. The van der Waals surface area contributed by atoms with Crippen molar-refractivity contribution in [2.24, 2.45) is 17.8 Å². The number of ketones is 1. The Morgan fingerprint density at radius 3 is 2.33 bits per heavy atom. The molecule has 1 saturated heterocycles. The number of aliphatic hydroxyl groups is 1. The van der Waals surface area contributed by atoms with Gasteiger partial charge in [-0.1, -0.05) is 55.8 Å². The molecule has 2 fully saturated rings. The van der Waals surface area contributed by atoms with Crippen LogP contribution in [0.15, 0.2) is 54.6 Å². The number of hydrogen-bond donors (Lipinski definition) is 4. The number of amides is 2. The van der Waals surface area contributed by atoms with Crippen molar-refractivity contribution in [1.29, 1.82) is 0 Å². The Kier molecular flexibility index (Phi) is 9.01. The lowest BCUT2D eigenvalue weighted by Gasteiger charge is -2.36. The predicted octanol–water partition coefficient (Wildman–Crippen LogP) is 2.54. The van der Waals surface area contributed by atoms with Crippen LogP contribution in [-0.2, 0) is 25.5 Å². The fourth-order valence-corrected chi connectivity index (χ4v) is 5.19. The van der Waals surface area contributed by atoms with E-state index in [0.717, 1.165) is 24.8 Å². The highest BCUT2D eigenvalue weighted by atomic mass is 16.5. The molecule has 1 heterocycles. The molecule has 1 unspecified atom stereocenters. The van der Waals surface area contributed by atoms with Crippen molar-refractivity contribution in [3.8, 4) is 5.75 Å². The minimum absolute atomic E-state index is 0.00860. The molecule has 2 amide bonds. The van der Waals surface area contributed by atoms with E-state index in [1.807, 2.05) is 30.3 Å². The van der Waals surface area contributed by atoms with Gasteiger partial charge in [0.1, 0.15) is 11.8 Å². The molecule has 2 aromatic carbocycles. The number of hydrogen-bond acceptors (Lipinski definition) is 7. The maximum absolute atomic E-state index is 13.7. The van der Waals surface area contributed by atoms with Crippen LogP contribution in [0.4, 0.5) is 0 Å². The van der Waals surface area contributed by atoms with Crippen LogP contribution in [0.25, 0.3) is 0 Å². The lowest BCUT2D eigenvalue weighted by atomic mass is 9.77. The summed E-state index contributed by atoms with van der Waals surface area (Å²) in [5, 5.41) is 26.9. The molecule has 1 aliphatic carbocycles. The first kappa shape index (κ1) is 28.3. The number of para-hydroxylation sites is 1. The van der Waals surface area contributed by atoms with Gasteiger partial charge in [0.2, 0.25) is 5.91 Å². The zero-order chi connectivity index (χ0) is 28.1. The largest absolute Gasteiger partial charge is 0.507 e. The highest BCUT2D eigenvalue weighted by Crippen LogP contribution is 2.34. The summed E-state index contributed by atoms with van der Waals surface area (Å²) in [5.41, 5.74) is 0.825. The van der Waals surface area contributed by atoms with E-state index >= 15 is 0 Å². The summed E-state index contributed by atoms with van der Waals surface area (Å²) in [6.07, 6.45) is 0.272. The fraction of sp³-hybridized carbons (Fsp3) is 0.467. The van der Waals surface area contributed by atoms with Crippen molar-refractivity contribution in [3.05, 3.63) is 65.7 Å². The average molecular weight is 537 g/mol. The van der Waals surface area contributed by atoms with Gasteiger partial charge >= 0.3 is 5.97 Å². The highest BCUT2D eigenvalue weighted by molar-refractivity contribution is 6.00. The summed E-state index contributed by atoms with van der Waals surface area (Å²) in [4.78, 5) is 53.2. The van der Waals surface area contributed by atoms with Crippen LogP contribution in [0.5, 0.6) is 5.75 Å². The van der Waals surface area contributed by atoms with Gasteiger partial charge in [-0.3, -0.25) is 19.2 Å². The van der Waals surface area contributed by atoms with E-state index in [0.29, 0.717) is 0 Å². The van der Waals surface area contributed by atoms with Crippen molar-refractivity contribution >= 4 is 23.6 Å². The average Bonchev–Trinajstić information content (AvgIpc) is 2.89. The van der Waals surface area contributed by atoms with E-state index in [1.54, 1.807) is 19.1 Å². The van der Waals surface area contributed by atoms with Crippen LogP contribution in [0.2, 0.25) is 0 Å². The number of rotatable bonds is 5. The number of carbonyl (C=O) groups is 4. The van der Waals surface area contributed by atoms with Gasteiger partial charge in [0.05, 0.1) is 23.6 Å². The molecule has 208 valence electrons. The third kappa shape index (κ3) is 6.65. The lowest BCUT2D eigenvalue weighted by Crippen LogP contribution is -2.58. The summed E-state index contributed by atoms with van der Waals surface area (Å²) < 4.78 is 5.72. The van der Waals surface area contributed by atoms with E-state index in [4.69, 9.17) is 4.74 Å². The first-order valence-corrected chi connectivity index (χ1v) is 13.5. The summed E-state index contributed by atoms with van der Waals surface area (Å²) in [7, 11) is 0. The molecule has 1 aliphatic heterocycles. The Hall–Kier alpha value is -3.72. The Labute approximate surface area is 227 Å². The molecular weight excluding hydrogens is 500 g/mol. The molecule has 9 nitrogen and oxygen atoms in total. The van der Waals surface area contributed by atoms with Gasteiger partial charge in [0, 0.05) is 12.3 Å². The van der Waals surface area contributed by atoms with Gasteiger partial charge in [-0.25, -0.2) is 0 Å². The predicted molar refractivity (Wildman–Crippen MR) is 143 cm³/mol. The number of phenols is 1. The quantitative estimate of drug-likeness (QED) is 0.430. The van der Waals surface area contributed by atoms with Gasteiger partial charge in [-0.15, -0.1) is 0 Å². The first-order valence-electron chi connectivity index (χ1n) is 13.5. The number of Topliss-reactive ketones (excluding diaryl/α,β-unsaturated/α-hetero) is 1. The maximum Gasteiger partial charge on any atom is 0.312 e. The summed E-state index contributed by atoms with van der Waals surface area (Å²) in [6.45, 7) is 3.19. The van der Waals surface area contributed by atoms with Crippen LogP contribution in [-0.4, -0.2) is 58.1 Å². The topological polar surface area (TPSA) is 142 Å². The van der Waals surface area contributed by atoms with Gasteiger partial charge < -0.3 is 25.6 Å². The van der Waals surface area contributed by atoms with E-state index < -0.39 is 53.9 Å². The number of esters is 1. The van der Waals surface area contributed by atoms with Crippen LogP contribution < -0.4 is 10.6 Å². The van der Waals surface area contributed by atoms with Crippen molar-refractivity contribution in [2.75, 3.05) is 0 Å². The van der Waals surface area contributed by atoms with Gasteiger partial charge in [-0.05, 0) is 49.8 Å². The molecule has 39 heavy (non-hydrogen) atoms. The van der Waals surface area contributed by atoms with E-state index in [9.17, 15) is 29.4 Å². The molecule has 2 aliphatic rings. The standard InChI is InChI=1S/C30H36N2O7/c1-17-15-24(34)27(20-11-8-12-20)39-30(38)18(2)26(35)22(16-19-9-4-3-5-10-19)31-29(37)25(17)32-28(36)21-13-6-7-14-23(21)33/h3-7,9-10,13-14,17-18,20,22,25-27,33,35H,8,11-12,15-16H2,1-2H3,(H,31,37)(H,32,36)/t17-,18+,22-,25-,26-,27?/m0/s1. The smallest absolute Gasteiger partial charge is 0.312 e. The number of aliphatic hydroxyl groups excluding tert-OH is 1. The van der Waals surface area contributed by atoms with E-state index in [1.165, 1.54) is 19.1 Å². The summed E-state index contributed by atoms with van der Waals surface area (Å²) >= 11 is 0. The summed E-state index contributed by atoms with van der Waals surface area (Å²) in [6, 6.07) is 13.2. The molecule has 6 atom stereocenters. The number of ether oxygens (including phenoxy) is 1. The fourth-order valence-electron chi connectivity index (χ4n) is 5.19. The molecule has 4 N–H and O–H groups in total. The number of aromatic hydroxyl groups is 1. The number of cyclic esters (lactones) is 1. The van der Waals surface area contributed by atoms with Crippen LogP contribution in [0, 0.1) is 17.8 Å². The lowest BCUT2D eigenvalue weighted by molar-refractivity contribution is -0.168. The van der Waals surface area contributed by atoms with Gasteiger partial charge in [-0.2, -0.15) is 0 Å². The number of phenolic OH excluding ortho intramolecular Hbond substituents is 1. The van der Waals surface area contributed by atoms with E-state index in [2.05, 4.69) is 10.6 Å². The third-order valence-corrected chi connectivity index (χ3v) is 7.87. The molecule has 4 rings (SSSR count). The summed E-state index contributed by atoms with van der Waals surface area (Å²) in [5.74, 6) is -4.30. The molecule has 0 bridgehead atoms. The molecule has 0 radical (unpaired) electrons. The number of benzene rings is 2. The molecular formula is C30H36N2O7. The maximum atomic E-state index is 13.7. The Balaban J connectivity index is 1.67. The second-order valence-corrected chi connectivity index (χ2v) is 10.7. The minimum Gasteiger partial charge on any atom is -0.507 e. The van der Waals surface area contributed by atoms with Gasteiger partial charge in [0.25, 0.3) is 5.91 Å². The Morgan fingerprint density at radius 1 is 1.03 bits per heavy atom. The van der Waals surface area contributed by atoms with Crippen molar-refractivity contribution < 1.29 is 34.1 Å². The number of carbonyl (C=O) groups excluding carboxylic acids is 4. The first-order chi connectivity index (χ1) is 18.7. The van der Waals surface area contributed by atoms with Crippen LogP contribution >= 0.6 is 0 Å². The van der Waals surface area contributed by atoms with Gasteiger partial charge in [0.15, 0.2) is 11.9 Å². The zero-order valence-electron chi connectivity index (χ0n) is 22.2. The second kappa shape index (κ2) is 12.4. The van der Waals surface area contributed by atoms with E-state index in [-0.39, 0.29) is 35.9 Å². The molecule has 1 saturated carbocycles. The zero-order valence-corrected chi connectivity index (χ0v) is 22.2. The van der Waals surface area contributed by atoms with Crippen molar-refractivity contribution in [2.45, 2.75) is 70.2 Å². The Morgan fingerprint density at radius 2 is 1.69 bits per heavy atom. The second-order valence-electron chi connectivity index (χ2n) is 10.7.